The van der Waals surface area contributed by atoms with Crippen molar-refractivity contribution in [1.82, 2.24) is 0 Å². The number of hydrogen-bond donors (Lipinski definition) is 1. The van der Waals surface area contributed by atoms with Gasteiger partial charge in [0.25, 0.3) is 0 Å². The van der Waals surface area contributed by atoms with E-state index in [1.165, 1.54) is 64.2 Å². The average molecular weight is 251 g/mol. The molecule has 104 valence electrons. The van der Waals surface area contributed by atoms with E-state index in [1.54, 1.807) is 0 Å². The van der Waals surface area contributed by atoms with E-state index in [0.29, 0.717) is 6.04 Å². The maximum atomic E-state index is 9.75. The van der Waals surface area contributed by atoms with Gasteiger partial charge in [0.05, 0.1) is 6.10 Å². The molecule has 0 aromatic carbocycles. The summed E-state index contributed by atoms with van der Waals surface area (Å²) in [5.41, 5.74) is 0.212. The topological polar surface area (TPSA) is 32.6 Å². The maximum absolute atomic E-state index is 9.75. The zero-order chi connectivity index (χ0) is 12.8. The monoisotopic (exact) mass is 251 g/mol. The van der Waals surface area contributed by atoms with Crippen molar-refractivity contribution in [2.24, 2.45) is 10.4 Å². The third-order valence-corrected chi connectivity index (χ3v) is 4.69. The summed E-state index contributed by atoms with van der Waals surface area (Å²) in [5.74, 6) is 0. The molecule has 0 heterocycles. The molecule has 0 radical (unpaired) electrons. The first-order chi connectivity index (χ1) is 8.70. The molecule has 0 saturated heterocycles. The standard InChI is InChI=1S/C16H29NO/c1-14(18)12-16(10-6-3-7-11-16)13-17-15-8-4-2-5-9-15/h13-15,18H,2-12H2,1H3/b17-13+. The third-order valence-electron chi connectivity index (χ3n) is 4.69. The lowest BCUT2D eigenvalue weighted by Gasteiger charge is -2.35. The molecule has 2 nitrogen and oxygen atoms in total. The summed E-state index contributed by atoms with van der Waals surface area (Å²) in [7, 11) is 0. The molecule has 2 fully saturated rings. The van der Waals surface area contributed by atoms with Crippen molar-refractivity contribution in [2.75, 3.05) is 0 Å². The van der Waals surface area contributed by atoms with Crippen molar-refractivity contribution in [3.63, 3.8) is 0 Å². The smallest absolute Gasteiger partial charge is 0.0521 e. The molecular formula is C16H29NO. The molecule has 2 rings (SSSR count). The Balaban J connectivity index is 1.96. The fraction of sp³-hybridized carbons (Fsp3) is 0.938. The predicted molar refractivity (Wildman–Crippen MR) is 77.2 cm³/mol. The molecule has 2 heteroatoms. The molecule has 2 saturated carbocycles. The van der Waals surface area contributed by atoms with Crippen molar-refractivity contribution in [3.05, 3.63) is 0 Å². The van der Waals surface area contributed by atoms with Gasteiger partial charge < -0.3 is 5.11 Å². The Morgan fingerprint density at radius 3 is 2.33 bits per heavy atom. The van der Waals surface area contributed by atoms with Crippen molar-refractivity contribution in [3.8, 4) is 0 Å². The summed E-state index contributed by atoms with van der Waals surface area (Å²) in [6, 6.07) is 0.576. The Bertz CT molecular complexity index is 260. The van der Waals surface area contributed by atoms with Crippen LogP contribution in [0.5, 0.6) is 0 Å². The highest BCUT2D eigenvalue weighted by Gasteiger charge is 2.31. The van der Waals surface area contributed by atoms with Gasteiger partial charge in [0, 0.05) is 17.7 Å². The van der Waals surface area contributed by atoms with Crippen molar-refractivity contribution in [2.45, 2.75) is 89.7 Å². The van der Waals surface area contributed by atoms with Gasteiger partial charge in [-0.2, -0.15) is 0 Å². The van der Waals surface area contributed by atoms with E-state index in [-0.39, 0.29) is 11.5 Å². The van der Waals surface area contributed by atoms with Gasteiger partial charge >= 0.3 is 0 Å². The molecule has 1 atom stereocenters. The molecule has 1 N–H and O–H groups in total. The zero-order valence-corrected chi connectivity index (χ0v) is 11.9. The van der Waals surface area contributed by atoms with Gasteiger partial charge in [-0.25, -0.2) is 0 Å². The van der Waals surface area contributed by atoms with Crippen LogP contribution < -0.4 is 0 Å². The second-order valence-corrected chi connectivity index (χ2v) is 6.55. The van der Waals surface area contributed by atoms with E-state index >= 15 is 0 Å². The van der Waals surface area contributed by atoms with Crippen LogP contribution in [0, 0.1) is 5.41 Å². The molecule has 2 aliphatic rings. The Hall–Kier alpha value is -0.370. The van der Waals surface area contributed by atoms with Crippen LogP contribution in [0.3, 0.4) is 0 Å². The Morgan fingerprint density at radius 2 is 1.72 bits per heavy atom. The fourth-order valence-corrected chi connectivity index (χ4v) is 3.72. The van der Waals surface area contributed by atoms with Gasteiger partial charge in [-0.3, -0.25) is 4.99 Å². The van der Waals surface area contributed by atoms with Crippen LogP contribution in [0.25, 0.3) is 0 Å². The van der Waals surface area contributed by atoms with E-state index in [2.05, 4.69) is 6.21 Å². The number of rotatable bonds is 4. The van der Waals surface area contributed by atoms with Gasteiger partial charge in [0.2, 0.25) is 0 Å². The average Bonchev–Trinajstić information content (AvgIpc) is 2.38. The van der Waals surface area contributed by atoms with Crippen LogP contribution in [0.15, 0.2) is 4.99 Å². The molecule has 0 aromatic heterocycles. The molecule has 0 aromatic rings. The van der Waals surface area contributed by atoms with E-state index < -0.39 is 0 Å². The maximum Gasteiger partial charge on any atom is 0.0521 e. The number of aliphatic hydroxyl groups excluding tert-OH is 1. The summed E-state index contributed by atoms with van der Waals surface area (Å²) in [6.07, 6.45) is 16.1. The highest BCUT2D eigenvalue weighted by atomic mass is 16.3. The Labute approximate surface area is 112 Å². The molecule has 1 unspecified atom stereocenters. The second kappa shape index (κ2) is 6.70. The molecule has 0 amide bonds. The van der Waals surface area contributed by atoms with Crippen molar-refractivity contribution < 1.29 is 5.11 Å². The van der Waals surface area contributed by atoms with Crippen LogP contribution >= 0.6 is 0 Å². The highest BCUT2D eigenvalue weighted by Crippen LogP contribution is 2.39. The van der Waals surface area contributed by atoms with E-state index in [4.69, 9.17) is 4.99 Å². The normalized spacial score (nSPS) is 27.4. The van der Waals surface area contributed by atoms with Crippen LogP contribution in [-0.2, 0) is 0 Å². The van der Waals surface area contributed by atoms with E-state index in [1.807, 2.05) is 6.92 Å². The van der Waals surface area contributed by atoms with Gasteiger partial charge in [0.1, 0.15) is 0 Å². The molecule has 2 aliphatic carbocycles. The molecular weight excluding hydrogens is 222 g/mol. The van der Waals surface area contributed by atoms with Gasteiger partial charge in [-0.1, -0.05) is 38.5 Å². The summed E-state index contributed by atoms with van der Waals surface area (Å²) in [5, 5.41) is 9.75. The number of aliphatic hydroxyl groups is 1. The first-order valence-corrected chi connectivity index (χ1v) is 7.93. The lowest BCUT2D eigenvalue weighted by atomic mass is 9.71. The van der Waals surface area contributed by atoms with E-state index in [0.717, 1.165) is 6.42 Å². The SMILES string of the molecule is CC(O)CC1(/C=N/C2CCCCC2)CCCCC1. The van der Waals surface area contributed by atoms with Crippen LogP contribution in [0.4, 0.5) is 0 Å². The minimum atomic E-state index is -0.194. The highest BCUT2D eigenvalue weighted by molar-refractivity contribution is 5.66. The lowest BCUT2D eigenvalue weighted by molar-refractivity contribution is 0.124. The first-order valence-electron chi connectivity index (χ1n) is 7.93. The molecule has 0 aliphatic heterocycles. The van der Waals surface area contributed by atoms with Crippen molar-refractivity contribution in [1.29, 1.82) is 0 Å². The summed E-state index contributed by atoms with van der Waals surface area (Å²) >= 11 is 0. The minimum Gasteiger partial charge on any atom is -0.393 e. The Morgan fingerprint density at radius 1 is 1.11 bits per heavy atom. The van der Waals surface area contributed by atoms with Crippen LogP contribution in [-0.4, -0.2) is 23.5 Å². The lowest BCUT2D eigenvalue weighted by Crippen LogP contribution is -2.30. The van der Waals surface area contributed by atoms with Crippen molar-refractivity contribution >= 4 is 6.21 Å². The number of hydrogen-bond acceptors (Lipinski definition) is 2. The summed E-state index contributed by atoms with van der Waals surface area (Å²) in [4.78, 5) is 4.90. The third kappa shape index (κ3) is 4.08. The van der Waals surface area contributed by atoms with Crippen LogP contribution in [0.1, 0.15) is 77.6 Å². The van der Waals surface area contributed by atoms with Gasteiger partial charge in [0.15, 0.2) is 0 Å². The Kier molecular flexibility index (Phi) is 5.23. The quantitative estimate of drug-likeness (QED) is 0.749. The summed E-state index contributed by atoms with van der Waals surface area (Å²) in [6.45, 7) is 1.92. The molecule has 0 bridgehead atoms. The number of aliphatic imine (C=N–C) groups is 1. The number of nitrogens with zero attached hydrogens (tertiary/aromatic N) is 1. The van der Waals surface area contributed by atoms with Crippen LogP contribution in [0.2, 0.25) is 0 Å². The minimum absolute atomic E-state index is 0.194. The van der Waals surface area contributed by atoms with E-state index in [9.17, 15) is 5.11 Å². The molecule has 18 heavy (non-hydrogen) atoms. The predicted octanol–water partition coefficient (Wildman–Crippen LogP) is 4.11. The first kappa shape index (κ1) is 14.0. The second-order valence-electron chi connectivity index (χ2n) is 6.55. The fourth-order valence-electron chi connectivity index (χ4n) is 3.72. The summed E-state index contributed by atoms with van der Waals surface area (Å²) < 4.78 is 0. The van der Waals surface area contributed by atoms with Gasteiger partial charge in [-0.05, 0) is 39.0 Å². The van der Waals surface area contributed by atoms with Gasteiger partial charge in [-0.15, -0.1) is 0 Å². The zero-order valence-electron chi connectivity index (χ0n) is 11.9. The largest absolute Gasteiger partial charge is 0.393 e. The molecule has 0 spiro atoms.